The molecule has 1 rings (SSSR count). The Hall–Kier alpha value is 0.402. The van der Waals surface area contributed by atoms with Crippen molar-refractivity contribution in [1.82, 2.24) is 0 Å². The van der Waals surface area contributed by atoms with Crippen LogP contribution in [0.15, 0.2) is 19.9 Å². The molecule has 0 spiro atoms. The maximum absolute atomic E-state index is 2.34. The summed E-state index contributed by atoms with van der Waals surface area (Å²) in [6, 6.07) is 0. The maximum atomic E-state index is 2.34. The minimum absolute atomic E-state index is 0.388. The first-order chi connectivity index (χ1) is 4.89. The van der Waals surface area contributed by atoms with Crippen molar-refractivity contribution < 1.29 is 0 Å². The summed E-state index contributed by atoms with van der Waals surface area (Å²) >= 11 is 1.00. The van der Waals surface area contributed by atoms with Gasteiger partial charge in [0, 0.05) is 0 Å². The fraction of sp³-hybridized carbons (Fsp3) is 0.600. The third kappa shape index (κ3) is 1.23. The van der Waals surface area contributed by atoms with E-state index >= 15 is 0 Å². The van der Waals surface area contributed by atoms with Crippen molar-refractivity contribution in [3.8, 4) is 0 Å². The molecule has 58 valence electrons. The normalized spacial score (nSPS) is 23.3. The van der Waals surface area contributed by atoms with Crippen molar-refractivity contribution in [2.45, 2.75) is 34.6 Å². The molecule has 0 heterocycles. The van der Waals surface area contributed by atoms with E-state index in [-0.39, 0.29) is 0 Å². The van der Waals surface area contributed by atoms with Gasteiger partial charge in [-0.1, -0.05) is 0 Å². The molecule has 0 bridgehead atoms. The number of hydrogen-bond donors (Lipinski definition) is 0. The van der Waals surface area contributed by atoms with Crippen LogP contribution in [0.5, 0.6) is 0 Å². The van der Waals surface area contributed by atoms with Crippen molar-refractivity contribution in [3.05, 3.63) is 19.9 Å². The Kier molecular flexibility index (Phi) is 2.34. The van der Waals surface area contributed by atoms with E-state index in [0.717, 1.165) is 25.8 Å². The van der Waals surface area contributed by atoms with Gasteiger partial charge in [0.15, 0.2) is 0 Å². The molecule has 0 aromatic carbocycles. The van der Waals surface area contributed by atoms with Gasteiger partial charge in [-0.05, 0) is 0 Å². The predicted octanol–water partition coefficient (Wildman–Crippen LogP) is 2.81. The Morgan fingerprint density at radius 2 is 1.45 bits per heavy atom. The van der Waals surface area contributed by atoms with Crippen LogP contribution in [0.3, 0.4) is 0 Å². The van der Waals surface area contributed by atoms with Gasteiger partial charge in [-0.3, -0.25) is 0 Å². The SMILES string of the molecule is CC1=C(C)C(C)(C)[C]([Tl])=C1C. The van der Waals surface area contributed by atoms with E-state index in [0.29, 0.717) is 5.41 Å². The van der Waals surface area contributed by atoms with E-state index < -0.39 is 0 Å². The minimum atomic E-state index is 0.388. The van der Waals surface area contributed by atoms with Gasteiger partial charge in [0.25, 0.3) is 0 Å². The summed E-state index contributed by atoms with van der Waals surface area (Å²) in [5, 5.41) is 0. The van der Waals surface area contributed by atoms with Crippen LogP contribution in [-0.2, 0) is 0 Å². The zero-order valence-electron chi connectivity index (χ0n) is 8.08. The molecule has 0 radical (unpaired) electrons. The average Bonchev–Trinajstić information content (AvgIpc) is 2.06. The average molecular weight is 340 g/mol. The third-order valence-corrected chi connectivity index (χ3v) is 7.63. The fourth-order valence-electron chi connectivity index (χ4n) is 1.62. The van der Waals surface area contributed by atoms with Crippen LogP contribution in [0.2, 0.25) is 0 Å². The molecule has 0 amide bonds. The van der Waals surface area contributed by atoms with Crippen LogP contribution in [0.4, 0.5) is 0 Å². The van der Waals surface area contributed by atoms with Crippen molar-refractivity contribution in [2.75, 3.05) is 0 Å². The number of rotatable bonds is 0. The van der Waals surface area contributed by atoms with Gasteiger partial charge in [0.1, 0.15) is 0 Å². The van der Waals surface area contributed by atoms with Gasteiger partial charge < -0.3 is 0 Å². The van der Waals surface area contributed by atoms with Crippen molar-refractivity contribution >= 4 is 25.8 Å². The van der Waals surface area contributed by atoms with Gasteiger partial charge in [0.2, 0.25) is 0 Å². The van der Waals surface area contributed by atoms with Crippen LogP contribution in [0, 0.1) is 5.41 Å². The second-order valence-electron chi connectivity index (χ2n) is 3.91. The molecule has 0 aliphatic heterocycles. The Morgan fingerprint density at radius 1 is 1.00 bits per heavy atom. The Balaban J connectivity index is 3.27. The molecule has 1 aliphatic rings. The van der Waals surface area contributed by atoms with E-state index in [1.807, 2.05) is 0 Å². The molecule has 11 heavy (non-hydrogen) atoms. The summed E-state index contributed by atoms with van der Waals surface area (Å²) in [6.07, 6.45) is 0. The standard InChI is InChI=1S/C10H15.Tl/c1-7-6-10(4,5)9(3)8(7)2;/h1-5H3;. The zero-order chi connectivity index (χ0) is 8.81. The summed E-state index contributed by atoms with van der Waals surface area (Å²) < 4.78 is 1.70. The van der Waals surface area contributed by atoms with Gasteiger partial charge in [0.05, 0.1) is 0 Å². The van der Waals surface area contributed by atoms with Gasteiger partial charge in [-0.15, -0.1) is 0 Å². The number of hydrogen-bond acceptors (Lipinski definition) is 0. The fourth-order valence-corrected chi connectivity index (χ4v) is 3.31. The molecule has 1 aliphatic carbocycles. The second-order valence-corrected chi connectivity index (χ2v) is 6.16. The van der Waals surface area contributed by atoms with Crippen LogP contribution in [0.25, 0.3) is 0 Å². The molecule has 0 unspecified atom stereocenters. The first kappa shape index (κ1) is 9.49. The molecule has 0 fully saturated rings. The van der Waals surface area contributed by atoms with Crippen molar-refractivity contribution in [3.63, 3.8) is 0 Å². The summed E-state index contributed by atoms with van der Waals surface area (Å²) in [5.74, 6) is 0. The van der Waals surface area contributed by atoms with E-state index in [2.05, 4.69) is 34.6 Å². The van der Waals surface area contributed by atoms with Crippen LogP contribution < -0.4 is 0 Å². The van der Waals surface area contributed by atoms with E-state index in [9.17, 15) is 0 Å². The Labute approximate surface area is 85.4 Å². The topological polar surface area (TPSA) is 0 Å². The predicted molar refractivity (Wildman–Crippen MR) is 50.6 cm³/mol. The first-order valence-electron chi connectivity index (χ1n) is 4.04. The molecule has 1 heteroatoms. The number of allylic oxidation sites excluding steroid dienone is 4. The van der Waals surface area contributed by atoms with Gasteiger partial charge in [-0.25, -0.2) is 0 Å². The van der Waals surface area contributed by atoms with Crippen LogP contribution >= 0.6 is 0 Å². The van der Waals surface area contributed by atoms with E-state index in [4.69, 9.17) is 0 Å². The molecular weight excluding hydrogens is 324 g/mol. The molecule has 0 nitrogen and oxygen atoms in total. The third-order valence-electron chi connectivity index (χ3n) is 3.14. The van der Waals surface area contributed by atoms with Gasteiger partial charge >= 0.3 is 85.7 Å². The summed E-state index contributed by atoms with van der Waals surface area (Å²) in [7, 11) is 0. The monoisotopic (exact) mass is 340 g/mol. The molecule has 0 aromatic heterocycles. The quantitative estimate of drug-likeness (QED) is 0.595. The van der Waals surface area contributed by atoms with E-state index in [1.165, 1.54) is 5.57 Å². The zero-order valence-corrected chi connectivity index (χ0v) is 12.6. The Morgan fingerprint density at radius 3 is 1.55 bits per heavy atom. The summed E-state index contributed by atoms with van der Waals surface area (Å²) in [4.78, 5) is 0. The first-order valence-corrected chi connectivity index (χ1v) is 6.28. The molecule has 0 N–H and O–H groups in total. The van der Waals surface area contributed by atoms with Crippen molar-refractivity contribution in [1.29, 1.82) is 0 Å². The molecule has 0 saturated carbocycles. The molecule has 0 aromatic rings. The molecular formula is C10H15Tl. The van der Waals surface area contributed by atoms with Crippen LogP contribution in [-0.4, -0.2) is 25.8 Å². The van der Waals surface area contributed by atoms with E-state index in [1.54, 1.807) is 14.3 Å². The Bertz CT molecular complexity index is 228. The second kappa shape index (κ2) is 2.72. The van der Waals surface area contributed by atoms with Crippen LogP contribution in [0.1, 0.15) is 34.6 Å². The molecule has 0 atom stereocenters. The van der Waals surface area contributed by atoms with Crippen molar-refractivity contribution in [2.24, 2.45) is 5.41 Å². The van der Waals surface area contributed by atoms with Gasteiger partial charge in [-0.2, -0.15) is 0 Å². The molecule has 0 saturated heterocycles. The summed E-state index contributed by atoms with van der Waals surface area (Å²) in [5.41, 5.74) is 5.07. The summed E-state index contributed by atoms with van der Waals surface area (Å²) in [6.45, 7) is 11.5.